The fourth-order valence-electron chi connectivity index (χ4n) is 4.55. The number of aliphatic hydroxyl groups excluding tert-OH is 1. The lowest BCUT2D eigenvalue weighted by Crippen LogP contribution is -2.60. The number of aliphatic hydroxyl groups is 1. The number of hydrogen-bond acceptors (Lipinski definition) is 7. The van der Waals surface area contributed by atoms with Gasteiger partial charge < -0.3 is 34.4 Å². The van der Waals surface area contributed by atoms with Crippen molar-refractivity contribution in [2.45, 2.75) is 49.2 Å². The highest BCUT2D eigenvalue weighted by Crippen LogP contribution is 2.51. The lowest BCUT2D eigenvalue weighted by molar-refractivity contribution is -0.938. The largest absolute Gasteiger partial charge is 0.461 e. The minimum absolute atomic E-state index is 0.0576. The molecule has 3 fully saturated rings. The summed E-state index contributed by atoms with van der Waals surface area (Å²) in [6.07, 6.45) is 2.34. The molecule has 9 nitrogen and oxygen atoms in total. The number of likely N-dealkylation sites (N-methyl/N-ethyl adjacent to an activating group) is 1. The normalized spacial score (nSPS) is 33.1. The van der Waals surface area contributed by atoms with E-state index in [0.29, 0.717) is 24.3 Å². The van der Waals surface area contributed by atoms with Crippen LogP contribution in [0.2, 0.25) is 0 Å². The second-order valence-corrected chi connectivity index (χ2v) is 7.73. The van der Waals surface area contributed by atoms with E-state index in [1.807, 2.05) is 30.3 Å². The van der Waals surface area contributed by atoms with Crippen LogP contribution in [0.5, 0.6) is 0 Å². The fraction of sp³-hybridized carbons (Fsp3) is 0.611. The Morgan fingerprint density at radius 1 is 1.26 bits per heavy atom. The molecular formula is C18H24N2O7. The predicted octanol–water partition coefficient (Wildman–Crippen LogP) is 0.824. The molecule has 9 heteroatoms. The number of morpholine rings is 1. The van der Waals surface area contributed by atoms with Gasteiger partial charge in [-0.25, -0.2) is 0 Å². The number of epoxide rings is 1. The Morgan fingerprint density at radius 2 is 1.78 bits per heavy atom. The van der Waals surface area contributed by atoms with Crippen LogP contribution in [0.4, 0.5) is 0 Å². The molecule has 148 valence electrons. The zero-order chi connectivity index (χ0) is 19.8. The van der Waals surface area contributed by atoms with E-state index in [1.54, 1.807) is 0 Å². The number of benzene rings is 1. The van der Waals surface area contributed by atoms with Gasteiger partial charge in [0, 0.05) is 12.8 Å². The van der Waals surface area contributed by atoms with Crippen molar-refractivity contribution in [3.63, 3.8) is 0 Å². The van der Waals surface area contributed by atoms with Gasteiger partial charge in [0.05, 0.1) is 25.8 Å². The second kappa shape index (κ2) is 7.41. The third kappa shape index (κ3) is 3.90. The van der Waals surface area contributed by atoms with Gasteiger partial charge in [0.15, 0.2) is 0 Å². The monoisotopic (exact) mass is 380 g/mol. The first kappa shape index (κ1) is 19.5. The number of ether oxygens (including phenoxy) is 2. The molecule has 3 aliphatic rings. The number of esters is 1. The Labute approximate surface area is 156 Å². The summed E-state index contributed by atoms with van der Waals surface area (Å²) in [5, 5.41) is 24.4. The first-order valence-electron chi connectivity index (χ1n) is 8.92. The molecule has 2 bridgehead atoms. The molecular weight excluding hydrogens is 356 g/mol. The summed E-state index contributed by atoms with van der Waals surface area (Å²) < 4.78 is 12.5. The maximum atomic E-state index is 12.5. The van der Waals surface area contributed by atoms with E-state index in [2.05, 4.69) is 14.1 Å². The first-order valence-corrected chi connectivity index (χ1v) is 8.92. The fourth-order valence-corrected chi connectivity index (χ4v) is 4.55. The lowest BCUT2D eigenvalue weighted by Gasteiger charge is -2.45. The molecule has 3 unspecified atom stereocenters. The van der Waals surface area contributed by atoms with Gasteiger partial charge >= 0.3 is 5.97 Å². The van der Waals surface area contributed by atoms with Gasteiger partial charge in [-0.2, -0.15) is 0 Å². The van der Waals surface area contributed by atoms with Crippen molar-refractivity contribution in [2.24, 2.45) is 0 Å². The Hall–Kier alpha value is -2.23. The molecule has 0 aliphatic carbocycles. The van der Waals surface area contributed by atoms with Crippen LogP contribution in [0, 0.1) is 15.3 Å². The Morgan fingerprint density at radius 3 is 2.26 bits per heavy atom. The van der Waals surface area contributed by atoms with Crippen LogP contribution in [0.25, 0.3) is 0 Å². The number of fused-ring (bicyclic) bond motifs is 5. The minimum Gasteiger partial charge on any atom is -0.461 e. The highest BCUT2D eigenvalue weighted by Gasteiger charge is 2.70. The molecule has 0 radical (unpaired) electrons. The number of hydrogen-bond donors (Lipinski definition) is 1. The Kier molecular flexibility index (Phi) is 5.36. The predicted molar refractivity (Wildman–Crippen MR) is 94.1 cm³/mol. The molecule has 0 aromatic heterocycles. The summed E-state index contributed by atoms with van der Waals surface area (Å²) in [7, 11) is 4.51. The van der Waals surface area contributed by atoms with Crippen molar-refractivity contribution < 1.29 is 28.9 Å². The first-order chi connectivity index (χ1) is 12.8. The lowest BCUT2D eigenvalue weighted by atomic mass is 9.95. The second-order valence-electron chi connectivity index (χ2n) is 7.73. The number of piperidine rings is 1. The molecule has 0 spiro atoms. The standard InChI is InChI=1S/C18H24NO4.NO3/c1-19(2)14-8-12(9-15(19)17-16(14)23-17)22-18(21)13(10-20)11-6-4-3-5-7-11;2-1(3)4/h3-7,12-17,20H,8-10H2,1-2H3;/q+1;-1/t12?,13-,14?,15?,16-,17+;/m1./s1. The highest BCUT2D eigenvalue weighted by molar-refractivity contribution is 5.78. The molecule has 3 saturated heterocycles. The number of carbonyl (C=O) groups is 1. The topological polar surface area (TPSA) is 125 Å². The zero-order valence-corrected chi connectivity index (χ0v) is 15.3. The van der Waals surface area contributed by atoms with E-state index in [9.17, 15) is 9.90 Å². The summed E-state index contributed by atoms with van der Waals surface area (Å²) in [6, 6.07) is 10.2. The van der Waals surface area contributed by atoms with E-state index in [-0.39, 0.29) is 18.7 Å². The van der Waals surface area contributed by atoms with Crippen LogP contribution in [0.15, 0.2) is 30.3 Å². The minimum atomic E-state index is -1.75. The molecule has 0 amide bonds. The van der Waals surface area contributed by atoms with Gasteiger partial charge in [0.1, 0.15) is 36.3 Å². The number of carbonyl (C=O) groups excluding carboxylic acids is 1. The maximum absolute atomic E-state index is 12.5. The van der Waals surface area contributed by atoms with Crippen molar-refractivity contribution >= 4 is 5.97 Å². The van der Waals surface area contributed by atoms with E-state index in [4.69, 9.17) is 24.8 Å². The van der Waals surface area contributed by atoms with Crippen LogP contribution in [0.1, 0.15) is 24.3 Å². The summed E-state index contributed by atoms with van der Waals surface area (Å²) in [6.45, 7) is -0.224. The molecule has 3 heterocycles. The Balaban J connectivity index is 0.000000481. The molecule has 0 saturated carbocycles. The third-order valence-electron chi connectivity index (χ3n) is 5.99. The van der Waals surface area contributed by atoms with Crippen LogP contribution < -0.4 is 0 Å². The summed E-state index contributed by atoms with van der Waals surface area (Å²) in [5.74, 6) is -0.908. The molecule has 27 heavy (non-hydrogen) atoms. The quantitative estimate of drug-likeness (QED) is 0.269. The Bertz CT molecular complexity index is 672. The number of rotatable bonds is 4. The summed E-state index contributed by atoms with van der Waals surface area (Å²) in [5.41, 5.74) is 0.807. The van der Waals surface area contributed by atoms with E-state index in [0.717, 1.165) is 22.9 Å². The van der Waals surface area contributed by atoms with Gasteiger partial charge in [-0.15, -0.1) is 0 Å². The zero-order valence-electron chi connectivity index (χ0n) is 15.3. The van der Waals surface area contributed by atoms with E-state index < -0.39 is 11.0 Å². The average Bonchev–Trinajstić information content (AvgIpc) is 3.34. The maximum Gasteiger partial charge on any atom is 0.316 e. The van der Waals surface area contributed by atoms with Crippen LogP contribution in [-0.4, -0.2) is 71.7 Å². The van der Waals surface area contributed by atoms with Crippen LogP contribution >= 0.6 is 0 Å². The number of nitrogens with zero attached hydrogens (tertiary/aromatic N) is 2. The molecule has 1 aromatic carbocycles. The van der Waals surface area contributed by atoms with Crippen LogP contribution in [-0.2, 0) is 14.3 Å². The van der Waals surface area contributed by atoms with Crippen molar-refractivity contribution in [1.29, 1.82) is 0 Å². The number of quaternary nitrogens is 1. The SMILES string of the molecule is C[N+]1(C)C2CC(OC(=O)[C@H](CO)c3ccccc3)CC1[C@@H]1O[C@H]21.O=[N+]([O-])[O-]. The molecule has 1 aromatic rings. The van der Waals surface area contributed by atoms with Crippen molar-refractivity contribution in [1.82, 2.24) is 0 Å². The van der Waals surface area contributed by atoms with Gasteiger partial charge in [0.2, 0.25) is 0 Å². The van der Waals surface area contributed by atoms with Crippen LogP contribution in [0.3, 0.4) is 0 Å². The molecule has 4 rings (SSSR count). The van der Waals surface area contributed by atoms with Gasteiger partial charge in [0.25, 0.3) is 0 Å². The summed E-state index contributed by atoms with van der Waals surface area (Å²) in [4.78, 5) is 20.8. The van der Waals surface area contributed by atoms with E-state index in [1.165, 1.54) is 0 Å². The van der Waals surface area contributed by atoms with Gasteiger partial charge in [-0.1, -0.05) is 30.3 Å². The van der Waals surface area contributed by atoms with Gasteiger partial charge in [-0.05, 0) is 5.56 Å². The van der Waals surface area contributed by atoms with Crippen molar-refractivity contribution in [3.8, 4) is 0 Å². The average molecular weight is 380 g/mol. The molecule has 1 N–H and O–H groups in total. The smallest absolute Gasteiger partial charge is 0.316 e. The van der Waals surface area contributed by atoms with Crippen molar-refractivity contribution in [3.05, 3.63) is 51.2 Å². The summed E-state index contributed by atoms with van der Waals surface area (Å²) >= 11 is 0. The molecule has 3 aliphatic heterocycles. The van der Waals surface area contributed by atoms with E-state index >= 15 is 0 Å². The van der Waals surface area contributed by atoms with Crippen molar-refractivity contribution in [2.75, 3.05) is 20.7 Å². The molecule has 6 atom stereocenters. The third-order valence-corrected chi connectivity index (χ3v) is 5.99. The highest BCUT2D eigenvalue weighted by atomic mass is 16.9. The van der Waals surface area contributed by atoms with Gasteiger partial charge in [-0.3, -0.25) is 4.79 Å².